The van der Waals surface area contributed by atoms with Gasteiger partial charge in [0.2, 0.25) is 0 Å². The number of likely N-dealkylation sites (N-methyl/N-ethyl adjacent to an activating group) is 1. The van der Waals surface area contributed by atoms with E-state index in [2.05, 4.69) is 69.3 Å². The predicted octanol–water partition coefficient (Wildman–Crippen LogP) is 5.62. The molecule has 1 unspecified atom stereocenters. The van der Waals surface area contributed by atoms with Crippen molar-refractivity contribution in [1.82, 2.24) is 5.32 Å². The molecule has 0 radical (unpaired) electrons. The van der Waals surface area contributed by atoms with Crippen LogP contribution >= 0.6 is 38.6 Å². The summed E-state index contributed by atoms with van der Waals surface area (Å²) in [6.07, 6.45) is 1.04. The second-order valence-corrected chi connectivity index (χ2v) is 7.96. The Morgan fingerprint density at radius 2 is 2.05 bits per heavy atom. The summed E-state index contributed by atoms with van der Waals surface area (Å²) in [6, 6.07) is 11.3. The van der Waals surface area contributed by atoms with Crippen LogP contribution in [0.2, 0.25) is 0 Å². The normalized spacial score (nSPS) is 12.9. The first-order chi connectivity index (χ1) is 9.78. The van der Waals surface area contributed by atoms with E-state index < -0.39 is 0 Å². The van der Waals surface area contributed by atoms with E-state index in [4.69, 9.17) is 0 Å². The van der Waals surface area contributed by atoms with Gasteiger partial charge in [0.25, 0.3) is 0 Å². The Bertz CT molecular complexity index is 701. The summed E-state index contributed by atoms with van der Waals surface area (Å²) in [5, 5.41) is 9.55. The maximum Gasteiger partial charge on any atom is 0.0701 e. The predicted molar refractivity (Wildman–Crippen MR) is 94.0 cm³/mol. The molecule has 1 nitrogen and oxygen atoms in total. The highest BCUT2D eigenvalue weighted by Crippen LogP contribution is 2.32. The summed E-state index contributed by atoms with van der Waals surface area (Å²) >= 11 is 7.16. The molecule has 0 saturated carbocycles. The lowest BCUT2D eigenvalue weighted by Gasteiger charge is -2.16. The average Bonchev–Trinajstić information content (AvgIpc) is 3.05. The molecule has 20 heavy (non-hydrogen) atoms. The van der Waals surface area contributed by atoms with Gasteiger partial charge in [-0.15, -0.1) is 22.7 Å². The lowest BCUT2D eigenvalue weighted by molar-refractivity contribution is 0.553. The third-order valence-corrected chi connectivity index (χ3v) is 5.96. The molecule has 0 saturated heterocycles. The summed E-state index contributed by atoms with van der Waals surface area (Å²) in [5.41, 5.74) is 2.82. The highest BCUT2D eigenvalue weighted by atomic mass is 79.9. The van der Waals surface area contributed by atoms with Crippen molar-refractivity contribution in [1.29, 1.82) is 0 Å². The Hall–Kier alpha value is -0.680. The fourth-order valence-corrected chi connectivity index (χ4v) is 4.68. The molecule has 0 aliphatic carbocycles. The van der Waals surface area contributed by atoms with Crippen LogP contribution in [-0.4, -0.2) is 6.54 Å². The second-order valence-electron chi connectivity index (χ2n) is 4.76. The summed E-state index contributed by atoms with van der Waals surface area (Å²) in [6.45, 7) is 3.15. The van der Waals surface area contributed by atoms with Crippen molar-refractivity contribution < 1.29 is 0 Å². The van der Waals surface area contributed by atoms with Gasteiger partial charge in [-0.05, 0) is 68.3 Å². The Labute approximate surface area is 135 Å². The maximum absolute atomic E-state index is 3.61. The average molecular weight is 366 g/mol. The molecule has 3 rings (SSSR count). The van der Waals surface area contributed by atoms with Gasteiger partial charge in [0.05, 0.1) is 3.79 Å². The number of hydrogen-bond donors (Lipinski definition) is 1. The number of hydrogen-bond acceptors (Lipinski definition) is 3. The fourth-order valence-electron chi connectivity index (χ4n) is 2.47. The lowest BCUT2D eigenvalue weighted by atomic mass is 10.0. The smallest absolute Gasteiger partial charge is 0.0701 e. The van der Waals surface area contributed by atoms with Crippen molar-refractivity contribution in [3.05, 3.63) is 56.0 Å². The molecule has 1 aromatic carbocycles. The van der Waals surface area contributed by atoms with Gasteiger partial charge in [-0.2, -0.15) is 0 Å². The highest BCUT2D eigenvalue weighted by molar-refractivity contribution is 9.11. The first-order valence-electron chi connectivity index (χ1n) is 6.70. The second kappa shape index (κ2) is 6.39. The Balaban J connectivity index is 1.90. The molecule has 2 aromatic heterocycles. The van der Waals surface area contributed by atoms with E-state index in [-0.39, 0.29) is 0 Å². The molecule has 0 aliphatic rings. The van der Waals surface area contributed by atoms with Gasteiger partial charge in [-0.3, -0.25) is 0 Å². The third kappa shape index (κ3) is 2.98. The van der Waals surface area contributed by atoms with Crippen molar-refractivity contribution >= 4 is 48.7 Å². The standard InChI is InChI=1S/C16H16BrNS2/c1-2-18-14(12-8-16(17)20-10-12)7-11-9-19-15-6-4-3-5-13(11)15/h3-6,8-10,14,18H,2,7H2,1H3. The van der Waals surface area contributed by atoms with Gasteiger partial charge in [0.1, 0.15) is 0 Å². The van der Waals surface area contributed by atoms with E-state index in [9.17, 15) is 0 Å². The van der Waals surface area contributed by atoms with Crippen LogP contribution < -0.4 is 5.32 Å². The van der Waals surface area contributed by atoms with Crippen LogP contribution in [0.3, 0.4) is 0 Å². The van der Waals surface area contributed by atoms with Crippen LogP contribution in [0.4, 0.5) is 0 Å². The monoisotopic (exact) mass is 365 g/mol. The van der Waals surface area contributed by atoms with Gasteiger partial charge < -0.3 is 5.32 Å². The van der Waals surface area contributed by atoms with Crippen LogP contribution in [0, 0.1) is 0 Å². The first kappa shape index (κ1) is 14.3. The summed E-state index contributed by atoms with van der Waals surface area (Å²) in [4.78, 5) is 0. The Kier molecular flexibility index (Phi) is 4.56. The number of nitrogens with one attached hydrogen (secondary N) is 1. The number of rotatable bonds is 5. The largest absolute Gasteiger partial charge is 0.310 e. The van der Waals surface area contributed by atoms with Crippen LogP contribution in [0.5, 0.6) is 0 Å². The molecule has 1 atom stereocenters. The van der Waals surface area contributed by atoms with Crippen LogP contribution in [0.25, 0.3) is 10.1 Å². The zero-order valence-electron chi connectivity index (χ0n) is 11.2. The zero-order chi connectivity index (χ0) is 13.9. The molecule has 0 spiro atoms. The molecule has 0 fully saturated rings. The fraction of sp³-hybridized carbons (Fsp3) is 0.250. The van der Waals surface area contributed by atoms with E-state index in [0.717, 1.165) is 13.0 Å². The lowest BCUT2D eigenvalue weighted by Crippen LogP contribution is -2.22. The molecule has 3 aromatic rings. The van der Waals surface area contributed by atoms with E-state index >= 15 is 0 Å². The number of benzene rings is 1. The van der Waals surface area contributed by atoms with Crippen molar-refractivity contribution in [3.8, 4) is 0 Å². The quantitative estimate of drug-likeness (QED) is 0.618. The SMILES string of the molecule is CCNC(Cc1csc2ccccc12)c1csc(Br)c1. The van der Waals surface area contributed by atoms with Gasteiger partial charge in [0.15, 0.2) is 0 Å². The van der Waals surface area contributed by atoms with Gasteiger partial charge >= 0.3 is 0 Å². The molecule has 0 bridgehead atoms. The number of fused-ring (bicyclic) bond motifs is 1. The molecule has 0 amide bonds. The Morgan fingerprint density at radius 1 is 1.20 bits per heavy atom. The van der Waals surface area contributed by atoms with E-state index in [0.29, 0.717) is 6.04 Å². The summed E-state index contributed by atoms with van der Waals surface area (Å²) in [5.74, 6) is 0. The molecule has 2 heterocycles. The van der Waals surface area contributed by atoms with E-state index in [1.165, 1.54) is 25.0 Å². The molecule has 0 aliphatic heterocycles. The van der Waals surface area contributed by atoms with Crippen LogP contribution in [0.1, 0.15) is 24.1 Å². The topological polar surface area (TPSA) is 12.0 Å². The summed E-state index contributed by atoms with van der Waals surface area (Å²) < 4.78 is 2.58. The number of halogens is 1. The molecular formula is C16H16BrNS2. The molecular weight excluding hydrogens is 350 g/mol. The van der Waals surface area contributed by atoms with Crippen molar-refractivity contribution in [2.24, 2.45) is 0 Å². The van der Waals surface area contributed by atoms with Crippen molar-refractivity contribution in [2.45, 2.75) is 19.4 Å². The van der Waals surface area contributed by atoms with Crippen molar-refractivity contribution in [3.63, 3.8) is 0 Å². The van der Waals surface area contributed by atoms with Crippen molar-refractivity contribution in [2.75, 3.05) is 6.54 Å². The Morgan fingerprint density at radius 3 is 2.80 bits per heavy atom. The summed E-state index contributed by atoms with van der Waals surface area (Å²) in [7, 11) is 0. The minimum atomic E-state index is 0.389. The zero-order valence-corrected chi connectivity index (χ0v) is 14.4. The van der Waals surface area contributed by atoms with Gasteiger partial charge in [0, 0.05) is 10.7 Å². The maximum atomic E-state index is 3.61. The van der Waals surface area contributed by atoms with Gasteiger partial charge in [-0.1, -0.05) is 25.1 Å². The highest BCUT2D eigenvalue weighted by Gasteiger charge is 2.15. The molecule has 4 heteroatoms. The number of thiophene rings is 2. The minimum Gasteiger partial charge on any atom is -0.310 e. The van der Waals surface area contributed by atoms with Crippen LogP contribution in [-0.2, 0) is 6.42 Å². The van der Waals surface area contributed by atoms with Gasteiger partial charge in [-0.25, -0.2) is 0 Å². The minimum absolute atomic E-state index is 0.389. The third-order valence-electron chi connectivity index (χ3n) is 3.43. The van der Waals surface area contributed by atoms with E-state index in [1.807, 2.05) is 11.3 Å². The molecule has 104 valence electrons. The van der Waals surface area contributed by atoms with Crippen LogP contribution in [0.15, 0.2) is 44.9 Å². The first-order valence-corrected chi connectivity index (χ1v) is 9.25. The molecule has 1 N–H and O–H groups in total. The van der Waals surface area contributed by atoms with E-state index in [1.54, 1.807) is 11.3 Å².